The van der Waals surface area contributed by atoms with E-state index in [0.29, 0.717) is 36.2 Å². The van der Waals surface area contributed by atoms with Crippen LogP contribution in [0.4, 0.5) is 15.8 Å². The average Bonchev–Trinajstić information content (AvgIpc) is 3.28. The van der Waals surface area contributed by atoms with Gasteiger partial charge in [-0.3, -0.25) is 9.59 Å². The summed E-state index contributed by atoms with van der Waals surface area (Å²) in [5.41, 5.74) is 2.69. The Balaban J connectivity index is 1.44. The van der Waals surface area contributed by atoms with E-state index in [2.05, 4.69) is 5.32 Å². The minimum Gasteiger partial charge on any atom is -0.496 e. The van der Waals surface area contributed by atoms with Crippen molar-refractivity contribution in [3.63, 3.8) is 0 Å². The Hall–Kier alpha value is -4.17. The molecule has 1 heterocycles. The number of carboxylic acids is 1. The van der Waals surface area contributed by atoms with Crippen molar-refractivity contribution in [3.8, 4) is 5.75 Å². The molecule has 2 amide bonds. The van der Waals surface area contributed by atoms with Crippen LogP contribution in [0.5, 0.6) is 5.75 Å². The predicted octanol–water partition coefficient (Wildman–Crippen LogP) is 5.91. The number of carbonyl (C=O) groups is 3. The molecule has 0 radical (unpaired) electrons. The van der Waals surface area contributed by atoms with Crippen LogP contribution in [-0.4, -0.2) is 36.5 Å². The minimum absolute atomic E-state index is 0.0161. The number of hydrogen-bond donors (Lipinski definition) is 2. The smallest absolute Gasteiger partial charge is 0.331 e. The molecule has 0 fully saturated rings. The van der Waals surface area contributed by atoms with Gasteiger partial charge in [-0.15, -0.1) is 0 Å². The first kappa shape index (κ1) is 25.5. The molecule has 9 heteroatoms. The zero-order chi connectivity index (χ0) is 27.0. The lowest BCUT2D eigenvalue weighted by Gasteiger charge is -2.24. The summed E-state index contributed by atoms with van der Waals surface area (Å²) in [6, 6.07) is 15.7. The Kier molecular flexibility index (Phi) is 6.91. The SMILES string of the molecule is COc1cc(NC(=O)c2cc(F)ccc2Cl)ccc1C(=O)N1CCC2CC(C(=O)O)=C[C@@H]2c2ccccc21. The highest BCUT2D eigenvalue weighted by atomic mass is 35.5. The van der Waals surface area contributed by atoms with E-state index in [1.165, 1.54) is 19.2 Å². The van der Waals surface area contributed by atoms with Gasteiger partial charge >= 0.3 is 5.97 Å². The van der Waals surface area contributed by atoms with Crippen LogP contribution in [0.2, 0.25) is 5.02 Å². The summed E-state index contributed by atoms with van der Waals surface area (Å²) < 4.78 is 19.1. The van der Waals surface area contributed by atoms with Crippen molar-refractivity contribution >= 4 is 40.8 Å². The number of aliphatic carboxylic acids is 1. The number of halogens is 2. The summed E-state index contributed by atoms with van der Waals surface area (Å²) in [5.74, 6) is -2.10. The second kappa shape index (κ2) is 10.3. The Morgan fingerprint density at radius 3 is 2.63 bits per heavy atom. The van der Waals surface area contributed by atoms with E-state index in [9.17, 15) is 23.9 Å². The Labute approximate surface area is 223 Å². The molecule has 2 N–H and O–H groups in total. The zero-order valence-electron chi connectivity index (χ0n) is 20.4. The number of ether oxygens (including phenoxy) is 1. The van der Waals surface area contributed by atoms with Gasteiger partial charge in [0.15, 0.2) is 0 Å². The number of fused-ring (bicyclic) bond motifs is 3. The van der Waals surface area contributed by atoms with E-state index in [-0.39, 0.29) is 34.1 Å². The van der Waals surface area contributed by atoms with E-state index >= 15 is 0 Å². The summed E-state index contributed by atoms with van der Waals surface area (Å²) in [5, 5.41) is 12.3. The van der Waals surface area contributed by atoms with E-state index in [0.717, 1.165) is 23.4 Å². The maximum Gasteiger partial charge on any atom is 0.331 e. The van der Waals surface area contributed by atoms with Gasteiger partial charge in [0.05, 0.1) is 23.3 Å². The minimum atomic E-state index is -0.903. The molecular weight excluding hydrogens is 511 g/mol. The van der Waals surface area contributed by atoms with E-state index in [4.69, 9.17) is 16.3 Å². The Morgan fingerprint density at radius 2 is 1.87 bits per heavy atom. The molecule has 38 heavy (non-hydrogen) atoms. The molecular formula is C29H24ClFN2O5. The second-order valence-electron chi connectivity index (χ2n) is 9.28. The molecule has 0 saturated heterocycles. The third kappa shape index (κ3) is 4.75. The number of allylic oxidation sites excluding steroid dienone is 1. The molecule has 2 atom stereocenters. The molecule has 0 spiro atoms. The number of carboxylic acid groups (broad SMARTS) is 1. The van der Waals surface area contributed by atoms with Crippen LogP contribution in [-0.2, 0) is 4.79 Å². The fourth-order valence-corrected chi connectivity index (χ4v) is 5.42. The van der Waals surface area contributed by atoms with Crippen LogP contribution in [0.15, 0.2) is 72.3 Å². The van der Waals surface area contributed by atoms with Crippen LogP contribution in [0.25, 0.3) is 0 Å². The highest BCUT2D eigenvalue weighted by Crippen LogP contribution is 2.46. The summed E-state index contributed by atoms with van der Waals surface area (Å²) in [4.78, 5) is 39.8. The van der Waals surface area contributed by atoms with Gasteiger partial charge < -0.3 is 20.1 Å². The summed E-state index contributed by atoms with van der Waals surface area (Å²) in [6.07, 6.45) is 2.91. The van der Waals surface area contributed by atoms with Crippen LogP contribution in [0.1, 0.15) is 45.0 Å². The van der Waals surface area contributed by atoms with Gasteiger partial charge in [0, 0.05) is 35.5 Å². The number of nitrogens with zero attached hydrogens (tertiary/aromatic N) is 1. The first-order valence-corrected chi connectivity index (χ1v) is 12.4. The standard InChI is InChI=1S/C29H24ClFN2O5/c1-38-26-15-19(32-27(34)23-14-18(31)6-9-24(23)30)7-8-21(26)28(35)33-11-10-16-12-17(29(36)37)13-22(16)20-4-2-3-5-25(20)33/h2-9,13-16,22H,10-12H2,1H3,(H,32,34)(H,36,37)/t16?,22-/m0/s1. The first-order valence-electron chi connectivity index (χ1n) is 12.1. The summed E-state index contributed by atoms with van der Waals surface area (Å²) in [7, 11) is 1.43. The molecule has 0 aromatic heterocycles. The third-order valence-corrected chi connectivity index (χ3v) is 7.39. The van der Waals surface area contributed by atoms with Crippen LogP contribution < -0.4 is 15.0 Å². The monoisotopic (exact) mass is 534 g/mol. The molecule has 1 unspecified atom stereocenters. The van der Waals surface area contributed by atoms with Crippen molar-refractivity contribution in [2.24, 2.45) is 5.92 Å². The molecule has 1 aliphatic heterocycles. The van der Waals surface area contributed by atoms with Gasteiger partial charge in [0.25, 0.3) is 11.8 Å². The van der Waals surface area contributed by atoms with Crippen molar-refractivity contribution < 1.29 is 28.6 Å². The molecule has 7 nitrogen and oxygen atoms in total. The van der Waals surface area contributed by atoms with Gasteiger partial charge in [-0.05, 0) is 60.7 Å². The van der Waals surface area contributed by atoms with Crippen LogP contribution in [0, 0.1) is 11.7 Å². The van der Waals surface area contributed by atoms with Crippen molar-refractivity contribution in [1.29, 1.82) is 0 Å². The zero-order valence-corrected chi connectivity index (χ0v) is 21.2. The third-order valence-electron chi connectivity index (χ3n) is 7.06. The molecule has 194 valence electrons. The van der Waals surface area contributed by atoms with Gasteiger partial charge in [-0.2, -0.15) is 0 Å². The van der Waals surface area contributed by atoms with Crippen LogP contribution in [0.3, 0.4) is 0 Å². The van der Waals surface area contributed by atoms with Crippen molar-refractivity contribution in [2.75, 3.05) is 23.9 Å². The maximum absolute atomic E-state index is 13.8. The number of para-hydroxylation sites is 1. The van der Waals surface area contributed by atoms with Gasteiger partial charge in [0.2, 0.25) is 0 Å². The maximum atomic E-state index is 13.8. The van der Waals surface area contributed by atoms with E-state index < -0.39 is 17.7 Å². The largest absolute Gasteiger partial charge is 0.496 e. The number of rotatable bonds is 5. The predicted molar refractivity (Wildman–Crippen MR) is 142 cm³/mol. The van der Waals surface area contributed by atoms with Crippen molar-refractivity contribution in [1.82, 2.24) is 0 Å². The topological polar surface area (TPSA) is 95.9 Å². The molecule has 3 aromatic rings. The second-order valence-corrected chi connectivity index (χ2v) is 9.69. The quantitative estimate of drug-likeness (QED) is 0.424. The molecule has 2 aliphatic rings. The lowest BCUT2D eigenvalue weighted by atomic mass is 9.87. The summed E-state index contributed by atoms with van der Waals surface area (Å²) >= 11 is 6.05. The van der Waals surface area contributed by atoms with Crippen molar-refractivity contribution in [2.45, 2.75) is 18.8 Å². The lowest BCUT2D eigenvalue weighted by molar-refractivity contribution is -0.132. The van der Waals surface area contributed by atoms with Crippen LogP contribution >= 0.6 is 11.6 Å². The normalized spacial score (nSPS) is 18.1. The number of anilines is 2. The van der Waals surface area contributed by atoms with Gasteiger partial charge in [-0.1, -0.05) is 35.9 Å². The van der Waals surface area contributed by atoms with E-state index in [1.807, 2.05) is 30.3 Å². The number of amides is 2. The first-order chi connectivity index (χ1) is 18.3. The molecule has 3 aromatic carbocycles. The van der Waals surface area contributed by atoms with E-state index in [1.54, 1.807) is 17.0 Å². The Morgan fingerprint density at radius 1 is 1.08 bits per heavy atom. The highest BCUT2D eigenvalue weighted by molar-refractivity contribution is 6.34. The number of benzene rings is 3. The average molecular weight is 535 g/mol. The van der Waals surface area contributed by atoms with Crippen molar-refractivity contribution in [3.05, 3.63) is 99.8 Å². The molecule has 0 saturated carbocycles. The number of carbonyl (C=O) groups excluding carboxylic acids is 2. The summed E-state index contributed by atoms with van der Waals surface area (Å²) in [6.45, 7) is 0.414. The lowest BCUT2D eigenvalue weighted by Crippen LogP contribution is -2.32. The van der Waals surface area contributed by atoms with Gasteiger partial charge in [-0.25, -0.2) is 9.18 Å². The molecule has 1 aliphatic carbocycles. The molecule has 5 rings (SSSR count). The number of hydrogen-bond acceptors (Lipinski definition) is 4. The Bertz CT molecular complexity index is 1490. The number of methoxy groups -OCH3 is 1. The highest BCUT2D eigenvalue weighted by Gasteiger charge is 2.37. The molecule has 0 bridgehead atoms. The van der Waals surface area contributed by atoms with Gasteiger partial charge in [0.1, 0.15) is 11.6 Å². The fourth-order valence-electron chi connectivity index (χ4n) is 5.22. The fraction of sp³-hybridized carbons (Fsp3) is 0.207. The number of nitrogens with one attached hydrogen (secondary N) is 1.